The molecule has 1 aromatic carbocycles. The lowest BCUT2D eigenvalue weighted by Crippen LogP contribution is -2.49. The number of alkyl carbamates (subject to hydrolysis) is 2. The van der Waals surface area contributed by atoms with Crippen LogP contribution in [0, 0.1) is 0 Å². The molecule has 0 aromatic heterocycles. The lowest BCUT2D eigenvalue weighted by Gasteiger charge is -2.23. The van der Waals surface area contributed by atoms with Crippen LogP contribution in [0.25, 0.3) is 0 Å². The molecule has 6 nitrogen and oxygen atoms in total. The van der Waals surface area contributed by atoms with E-state index in [-0.39, 0.29) is 6.61 Å². The van der Waals surface area contributed by atoms with E-state index in [4.69, 9.17) is 9.47 Å². The van der Waals surface area contributed by atoms with Crippen LogP contribution in [0.4, 0.5) is 18.4 Å². The number of rotatable bonds is 6. The first-order chi connectivity index (χ1) is 11.2. The predicted molar refractivity (Wildman–Crippen MR) is 83.8 cm³/mol. The zero-order chi connectivity index (χ0) is 18.2. The average molecular weight is 344 g/mol. The molecule has 1 atom stereocenters. The fourth-order valence-electron chi connectivity index (χ4n) is 1.63. The SMILES string of the molecule is CC(C)(C)OC(=O)NC(CNC(=O)OCc1ccccc1)C(F)F. The molecule has 0 radical (unpaired) electrons. The third kappa shape index (κ3) is 8.30. The Labute approximate surface area is 139 Å². The Bertz CT molecular complexity index is 533. The number of hydrogen-bond donors (Lipinski definition) is 2. The summed E-state index contributed by atoms with van der Waals surface area (Å²) >= 11 is 0. The molecule has 1 rings (SSSR count). The van der Waals surface area contributed by atoms with Crippen molar-refractivity contribution < 1.29 is 27.8 Å². The summed E-state index contributed by atoms with van der Waals surface area (Å²) in [7, 11) is 0. The molecule has 0 heterocycles. The number of benzene rings is 1. The van der Waals surface area contributed by atoms with Crippen LogP contribution in [-0.4, -0.2) is 36.8 Å². The minimum Gasteiger partial charge on any atom is -0.445 e. The molecule has 2 N–H and O–H groups in total. The quantitative estimate of drug-likeness (QED) is 0.831. The molecule has 2 amide bonds. The van der Waals surface area contributed by atoms with Gasteiger partial charge in [0.15, 0.2) is 0 Å². The molecule has 0 aliphatic carbocycles. The van der Waals surface area contributed by atoms with E-state index in [1.54, 1.807) is 45.0 Å². The van der Waals surface area contributed by atoms with E-state index in [0.29, 0.717) is 0 Å². The second-order valence-corrected chi connectivity index (χ2v) is 6.03. The van der Waals surface area contributed by atoms with E-state index in [9.17, 15) is 18.4 Å². The highest BCUT2D eigenvalue weighted by atomic mass is 19.3. The van der Waals surface area contributed by atoms with Gasteiger partial charge in [0.05, 0.1) is 0 Å². The standard InChI is InChI=1S/C16H22F2N2O4/c1-16(2,3)24-15(22)20-12(13(17)18)9-19-14(21)23-10-11-7-5-4-6-8-11/h4-8,12-13H,9-10H2,1-3H3,(H,19,21)(H,20,22). The van der Waals surface area contributed by atoms with Crippen LogP contribution in [0.2, 0.25) is 0 Å². The highest BCUT2D eigenvalue weighted by Crippen LogP contribution is 2.08. The number of hydrogen-bond acceptors (Lipinski definition) is 4. The van der Waals surface area contributed by atoms with Crippen LogP contribution in [0.15, 0.2) is 30.3 Å². The summed E-state index contributed by atoms with van der Waals surface area (Å²) in [5, 5.41) is 4.21. The van der Waals surface area contributed by atoms with Gasteiger partial charge < -0.3 is 20.1 Å². The van der Waals surface area contributed by atoms with Crippen molar-refractivity contribution in [2.45, 2.75) is 45.4 Å². The third-order valence-electron chi connectivity index (χ3n) is 2.69. The topological polar surface area (TPSA) is 76.7 Å². The van der Waals surface area contributed by atoms with E-state index in [2.05, 4.69) is 5.32 Å². The van der Waals surface area contributed by atoms with Gasteiger partial charge in [-0.1, -0.05) is 30.3 Å². The predicted octanol–water partition coefficient (Wildman–Crippen LogP) is 3.07. The van der Waals surface area contributed by atoms with Crippen LogP contribution in [0.3, 0.4) is 0 Å². The van der Waals surface area contributed by atoms with Gasteiger partial charge >= 0.3 is 12.2 Å². The van der Waals surface area contributed by atoms with Crippen molar-refractivity contribution in [3.8, 4) is 0 Å². The van der Waals surface area contributed by atoms with Crippen molar-refractivity contribution in [1.82, 2.24) is 10.6 Å². The lowest BCUT2D eigenvalue weighted by molar-refractivity contribution is 0.0371. The van der Waals surface area contributed by atoms with Crippen molar-refractivity contribution in [1.29, 1.82) is 0 Å². The van der Waals surface area contributed by atoms with Crippen LogP contribution in [0.1, 0.15) is 26.3 Å². The molecule has 1 aromatic rings. The maximum absolute atomic E-state index is 12.9. The van der Waals surface area contributed by atoms with Gasteiger partial charge in [0.2, 0.25) is 0 Å². The van der Waals surface area contributed by atoms with Gasteiger partial charge in [0.25, 0.3) is 6.43 Å². The molecule has 0 fully saturated rings. The number of carbonyl (C=O) groups is 2. The van der Waals surface area contributed by atoms with Gasteiger partial charge in [0, 0.05) is 6.54 Å². The zero-order valence-electron chi connectivity index (χ0n) is 13.8. The first-order valence-electron chi connectivity index (χ1n) is 7.39. The second kappa shape index (κ2) is 9.05. The van der Waals surface area contributed by atoms with Crippen LogP contribution in [-0.2, 0) is 16.1 Å². The summed E-state index contributed by atoms with van der Waals surface area (Å²) in [5.41, 5.74) is -0.0383. The van der Waals surface area contributed by atoms with Gasteiger partial charge in [-0.25, -0.2) is 18.4 Å². The Morgan fingerprint density at radius 2 is 1.75 bits per heavy atom. The van der Waals surface area contributed by atoms with Gasteiger partial charge in [-0.15, -0.1) is 0 Å². The van der Waals surface area contributed by atoms with Gasteiger partial charge in [-0.2, -0.15) is 0 Å². The fourth-order valence-corrected chi connectivity index (χ4v) is 1.63. The van der Waals surface area contributed by atoms with Crippen molar-refractivity contribution in [2.24, 2.45) is 0 Å². The highest BCUT2D eigenvalue weighted by Gasteiger charge is 2.26. The Balaban J connectivity index is 2.39. The minimum atomic E-state index is -2.87. The summed E-state index contributed by atoms with van der Waals surface area (Å²) < 4.78 is 35.7. The summed E-state index contributed by atoms with van der Waals surface area (Å²) in [6, 6.07) is 7.34. The number of halogens is 2. The van der Waals surface area contributed by atoms with E-state index in [1.807, 2.05) is 11.4 Å². The molecule has 0 saturated heterocycles. The second-order valence-electron chi connectivity index (χ2n) is 6.03. The molecular weight excluding hydrogens is 322 g/mol. The Hall–Kier alpha value is -2.38. The Kier molecular flexibility index (Phi) is 7.41. The van der Waals surface area contributed by atoms with E-state index in [1.165, 1.54) is 0 Å². The van der Waals surface area contributed by atoms with Crippen molar-refractivity contribution >= 4 is 12.2 Å². The van der Waals surface area contributed by atoms with Gasteiger partial charge in [0.1, 0.15) is 18.2 Å². The van der Waals surface area contributed by atoms with Crippen LogP contribution >= 0.6 is 0 Å². The molecule has 0 spiro atoms. The molecule has 0 bridgehead atoms. The third-order valence-corrected chi connectivity index (χ3v) is 2.69. The number of amides is 2. The zero-order valence-corrected chi connectivity index (χ0v) is 13.8. The fraction of sp³-hybridized carbons (Fsp3) is 0.500. The number of carbonyl (C=O) groups excluding carboxylic acids is 2. The monoisotopic (exact) mass is 344 g/mol. The molecule has 0 aliphatic rings. The largest absolute Gasteiger partial charge is 0.445 e. The van der Waals surface area contributed by atoms with E-state index in [0.717, 1.165) is 5.56 Å². The molecule has 134 valence electrons. The minimum absolute atomic E-state index is 0.0194. The molecule has 0 aliphatic heterocycles. The van der Waals surface area contributed by atoms with Gasteiger partial charge in [-0.3, -0.25) is 0 Å². The average Bonchev–Trinajstić information content (AvgIpc) is 2.48. The summed E-state index contributed by atoms with van der Waals surface area (Å²) in [5.74, 6) is 0. The summed E-state index contributed by atoms with van der Waals surface area (Å²) in [4.78, 5) is 23.1. The molecule has 0 saturated carbocycles. The van der Waals surface area contributed by atoms with Crippen molar-refractivity contribution in [3.63, 3.8) is 0 Å². The normalized spacial score (nSPS) is 12.4. The summed E-state index contributed by atoms with van der Waals surface area (Å²) in [6.07, 6.45) is -4.70. The first kappa shape index (κ1) is 19.7. The smallest absolute Gasteiger partial charge is 0.408 e. The maximum atomic E-state index is 12.9. The molecule has 8 heteroatoms. The molecular formula is C16H22F2N2O4. The first-order valence-corrected chi connectivity index (χ1v) is 7.39. The Morgan fingerprint density at radius 3 is 2.29 bits per heavy atom. The van der Waals surface area contributed by atoms with E-state index >= 15 is 0 Å². The van der Waals surface area contributed by atoms with Crippen molar-refractivity contribution in [3.05, 3.63) is 35.9 Å². The molecule has 24 heavy (non-hydrogen) atoms. The maximum Gasteiger partial charge on any atom is 0.408 e. The highest BCUT2D eigenvalue weighted by molar-refractivity contribution is 5.69. The van der Waals surface area contributed by atoms with E-state index < -0.39 is 36.8 Å². The number of nitrogens with one attached hydrogen (secondary N) is 2. The van der Waals surface area contributed by atoms with Crippen LogP contribution < -0.4 is 10.6 Å². The van der Waals surface area contributed by atoms with Gasteiger partial charge in [-0.05, 0) is 26.3 Å². The van der Waals surface area contributed by atoms with Crippen molar-refractivity contribution in [2.75, 3.05) is 6.54 Å². The Morgan fingerprint density at radius 1 is 1.12 bits per heavy atom. The lowest BCUT2D eigenvalue weighted by atomic mass is 10.2. The number of ether oxygens (including phenoxy) is 2. The molecule has 1 unspecified atom stereocenters. The van der Waals surface area contributed by atoms with Crippen LogP contribution in [0.5, 0.6) is 0 Å². The number of alkyl halides is 2. The summed E-state index contributed by atoms with van der Waals surface area (Å²) in [6.45, 7) is 4.38.